The van der Waals surface area contributed by atoms with Crippen molar-refractivity contribution < 1.29 is 64.4 Å². The Hall–Kier alpha value is -3.53. The molecule has 1 aromatic carbocycles. The van der Waals surface area contributed by atoms with E-state index in [2.05, 4.69) is 34.4 Å². The number of likely N-dealkylation sites (N-methyl/N-ethyl adjacent to an activating group) is 1. The Balaban J connectivity index is 2.35. The van der Waals surface area contributed by atoms with E-state index >= 15 is 0 Å². The molecular formula is C45H74F4N5O9P. The van der Waals surface area contributed by atoms with Crippen LogP contribution >= 0.6 is 7.82 Å². The third-order valence-electron chi connectivity index (χ3n) is 10.3. The van der Waals surface area contributed by atoms with Gasteiger partial charge in [-0.1, -0.05) is 121 Å². The molecule has 0 heterocycles. The van der Waals surface area contributed by atoms with Gasteiger partial charge in [0.05, 0.1) is 27.7 Å². The van der Waals surface area contributed by atoms with E-state index in [0.717, 1.165) is 77.0 Å². The predicted molar refractivity (Wildman–Crippen MR) is 236 cm³/mol. The van der Waals surface area contributed by atoms with Gasteiger partial charge in [0.25, 0.3) is 13.7 Å². The molecular weight excluding hydrogens is 861 g/mol. The van der Waals surface area contributed by atoms with Crippen molar-refractivity contribution in [2.75, 3.05) is 54.1 Å². The number of rotatable bonds is 39. The van der Waals surface area contributed by atoms with Crippen molar-refractivity contribution in [2.45, 2.75) is 167 Å². The number of unbranched alkanes of at least 4 members (excludes halogenated alkanes) is 19. The molecule has 0 spiro atoms. The molecule has 0 aliphatic carbocycles. The highest BCUT2D eigenvalue weighted by Crippen LogP contribution is 2.38. The van der Waals surface area contributed by atoms with Gasteiger partial charge in [0.15, 0.2) is 29.4 Å². The van der Waals surface area contributed by atoms with E-state index in [1.165, 1.54) is 38.5 Å². The summed E-state index contributed by atoms with van der Waals surface area (Å²) in [5, 5.41) is 4.83. The zero-order chi connectivity index (χ0) is 47.6. The van der Waals surface area contributed by atoms with Crippen LogP contribution in [0, 0.1) is 23.3 Å². The number of azide groups is 1. The second-order valence-corrected chi connectivity index (χ2v) is 18.5. The average Bonchev–Trinajstić information content (AvgIpc) is 3.23. The summed E-state index contributed by atoms with van der Waals surface area (Å²) in [6.07, 6.45) is 25.1. The first-order valence-electron chi connectivity index (χ1n) is 23.1. The van der Waals surface area contributed by atoms with Crippen molar-refractivity contribution in [3.8, 4) is 0 Å². The molecule has 0 radical (unpaired) electrons. The molecule has 64 heavy (non-hydrogen) atoms. The van der Waals surface area contributed by atoms with Gasteiger partial charge in [-0.15, -0.1) is 0 Å². The van der Waals surface area contributed by atoms with Crippen LogP contribution in [0.1, 0.15) is 171 Å². The lowest BCUT2D eigenvalue weighted by atomic mass is 10.1. The summed E-state index contributed by atoms with van der Waals surface area (Å²) in [5.74, 6) is -10.2. The van der Waals surface area contributed by atoms with Crippen LogP contribution < -0.4 is 10.2 Å². The van der Waals surface area contributed by atoms with Gasteiger partial charge in [-0.25, -0.2) is 17.6 Å². The lowest BCUT2D eigenvalue weighted by Gasteiger charge is -2.28. The number of carbonyl (C=O) groups excluding carboxylic acids is 3. The molecule has 0 aromatic heterocycles. The van der Waals surface area contributed by atoms with Gasteiger partial charge in [0.1, 0.15) is 31.0 Å². The first kappa shape index (κ1) is 58.5. The smallest absolute Gasteiger partial charge is 0.306 e. The van der Waals surface area contributed by atoms with Crippen molar-refractivity contribution in [3.63, 3.8) is 0 Å². The van der Waals surface area contributed by atoms with E-state index in [0.29, 0.717) is 36.7 Å². The fraction of sp³-hybridized carbons (Fsp3) is 0.756. The number of quaternary nitrogens is 1. The number of allylic oxidation sites excluding steroid dienone is 2. The Morgan fingerprint density at radius 2 is 1.20 bits per heavy atom. The molecule has 0 saturated heterocycles. The minimum atomic E-state index is -4.71. The van der Waals surface area contributed by atoms with Gasteiger partial charge >= 0.3 is 11.9 Å². The molecule has 0 aliphatic heterocycles. The predicted octanol–water partition coefficient (Wildman–Crippen LogP) is 11.5. The first-order valence-corrected chi connectivity index (χ1v) is 24.6. The lowest BCUT2D eigenvalue weighted by molar-refractivity contribution is -0.870. The Morgan fingerprint density at radius 3 is 1.72 bits per heavy atom. The van der Waals surface area contributed by atoms with Gasteiger partial charge in [-0.2, -0.15) is 0 Å². The maximum Gasteiger partial charge on any atom is 0.306 e. The van der Waals surface area contributed by atoms with E-state index in [-0.39, 0.29) is 32.6 Å². The van der Waals surface area contributed by atoms with Gasteiger partial charge in [-0.3, -0.25) is 18.9 Å². The molecule has 0 fully saturated rings. The van der Waals surface area contributed by atoms with E-state index in [4.69, 9.17) is 24.1 Å². The summed E-state index contributed by atoms with van der Waals surface area (Å²) in [6, 6.07) is 0. The number of amides is 1. The minimum absolute atomic E-state index is 0.0173. The summed E-state index contributed by atoms with van der Waals surface area (Å²) in [5.41, 5.74) is 5.41. The standard InChI is InChI=1S/C45H74F4N5O9P/c1-5-6-7-8-9-10-11-12-13-14-15-17-20-23-26-29-37(55)60-34-36(35-62-64(58,59)61-33-32-54(2,3)4)63-38(56)30-27-24-21-18-16-19-22-25-28-31-51-45(57)39-40(46)42(48)44(52-53-50)43(49)41(39)47/h12-13,36H,5-11,14-35H2,1-4H3,(H-,51,57,58,59)/b13-12+. The normalized spacial score (nSPS) is 13.1. The molecule has 2 unspecified atom stereocenters. The fourth-order valence-corrected chi connectivity index (χ4v) is 7.20. The van der Waals surface area contributed by atoms with E-state index < -0.39 is 72.9 Å². The van der Waals surface area contributed by atoms with Crippen molar-refractivity contribution in [2.24, 2.45) is 5.11 Å². The van der Waals surface area contributed by atoms with Crippen molar-refractivity contribution in [1.82, 2.24) is 5.32 Å². The summed E-state index contributed by atoms with van der Waals surface area (Å²) >= 11 is 0. The maximum absolute atomic E-state index is 14.2. The molecule has 366 valence electrons. The second-order valence-electron chi connectivity index (χ2n) is 17.1. The first-order chi connectivity index (χ1) is 30.5. The van der Waals surface area contributed by atoms with Gasteiger partial charge in [0, 0.05) is 24.3 Å². The summed E-state index contributed by atoms with van der Waals surface area (Å²) in [4.78, 5) is 51.9. The molecule has 1 N–H and O–H groups in total. The number of carbonyl (C=O) groups is 3. The summed E-state index contributed by atoms with van der Waals surface area (Å²) < 4.78 is 90.0. The van der Waals surface area contributed by atoms with Gasteiger partial charge < -0.3 is 33.2 Å². The van der Waals surface area contributed by atoms with Crippen LogP contribution in [-0.4, -0.2) is 82.5 Å². The molecule has 1 rings (SSSR count). The van der Waals surface area contributed by atoms with Crippen molar-refractivity contribution >= 4 is 31.4 Å². The number of esters is 2. The SMILES string of the molecule is CCCCCCCC/C=C/CCCCCCCC(=O)OCC(COP(=O)([O-])OCC[N+](C)(C)C)OC(=O)CCCCCCCCCCCNC(=O)c1c(F)c(F)c(N=[N+]=[N-])c(F)c1F. The Kier molecular flexibility index (Phi) is 31.8. The quantitative estimate of drug-likeness (QED) is 0.00640. The Morgan fingerprint density at radius 1 is 0.719 bits per heavy atom. The van der Waals surface area contributed by atoms with Crippen LogP contribution in [0.3, 0.4) is 0 Å². The largest absolute Gasteiger partial charge is 0.756 e. The Labute approximate surface area is 378 Å². The maximum atomic E-state index is 14.2. The molecule has 0 bridgehead atoms. The van der Waals surface area contributed by atoms with E-state index in [1.807, 2.05) is 21.1 Å². The van der Waals surface area contributed by atoms with Crippen LogP contribution in [0.25, 0.3) is 10.4 Å². The highest BCUT2D eigenvalue weighted by Gasteiger charge is 2.29. The van der Waals surface area contributed by atoms with Crippen molar-refractivity contribution in [3.05, 3.63) is 51.4 Å². The van der Waals surface area contributed by atoms with Crippen LogP contribution in [0.15, 0.2) is 17.3 Å². The lowest BCUT2D eigenvalue weighted by Crippen LogP contribution is -2.37. The Bertz CT molecular complexity index is 1610. The average molecular weight is 936 g/mol. The van der Waals surface area contributed by atoms with Gasteiger partial charge in [0.2, 0.25) is 0 Å². The van der Waals surface area contributed by atoms with Crippen molar-refractivity contribution in [1.29, 1.82) is 0 Å². The van der Waals surface area contributed by atoms with Crippen LogP contribution in [0.2, 0.25) is 0 Å². The molecule has 1 aromatic rings. The fourth-order valence-electron chi connectivity index (χ4n) is 6.47. The third kappa shape index (κ3) is 28.4. The summed E-state index contributed by atoms with van der Waals surface area (Å²) in [7, 11) is 0.932. The van der Waals surface area contributed by atoms with Gasteiger partial charge in [-0.05, 0) is 50.5 Å². The highest BCUT2D eigenvalue weighted by atomic mass is 31.2. The van der Waals surface area contributed by atoms with Crippen LogP contribution in [-0.2, 0) is 32.7 Å². The number of phosphoric ester groups is 1. The molecule has 0 saturated carbocycles. The molecule has 1 amide bonds. The molecule has 19 heteroatoms. The monoisotopic (exact) mass is 936 g/mol. The molecule has 14 nitrogen and oxygen atoms in total. The minimum Gasteiger partial charge on any atom is -0.756 e. The number of benzene rings is 1. The number of ether oxygens (including phenoxy) is 2. The number of halogens is 4. The number of nitrogens with one attached hydrogen (secondary N) is 1. The topological polar surface area (TPSA) is 189 Å². The zero-order valence-electron chi connectivity index (χ0n) is 38.7. The number of phosphoric acid groups is 1. The van der Waals surface area contributed by atoms with Crippen LogP contribution in [0.4, 0.5) is 23.2 Å². The highest BCUT2D eigenvalue weighted by molar-refractivity contribution is 7.45. The number of nitrogens with zero attached hydrogens (tertiary/aromatic N) is 4. The van der Waals surface area contributed by atoms with E-state index in [1.54, 1.807) is 0 Å². The van der Waals surface area contributed by atoms with Crippen LogP contribution in [0.5, 0.6) is 0 Å². The zero-order valence-corrected chi connectivity index (χ0v) is 39.6. The van der Waals surface area contributed by atoms with E-state index in [9.17, 15) is 41.4 Å². The number of hydrogen-bond acceptors (Lipinski definition) is 10. The molecule has 0 aliphatic rings. The second kappa shape index (κ2) is 34.8. The summed E-state index contributed by atoms with van der Waals surface area (Å²) in [6.45, 7) is 1.64. The number of hydrogen-bond donors (Lipinski definition) is 1. The molecule has 2 atom stereocenters. The third-order valence-corrected chi connectivity index (χ3v) is 11.2.